The van der Waals surface area contributed by atoms with E-state index in [1.165, 1.54) is 5.06 Å². The number of hydrogen-bond acceptors (Lipinski definition) is 4. The smallest absolute Gasteiger partial charge is 0.277 e. The third-order valence-electron chi connectivity index (χ3n) is 4.37. The lowest BCUT2D eigenvalue weighted by molar-refractivity contribution is -0.156. The van der Waals surface area contributed by atoms with Gasteiger partial charge in [-0.2, -0.15) is 0 Å². The lowest BCUT2D eigenvalue weighted by Crippen LogP contribution is -2.42. The van der Waals surface area contributed by atoms with Crippen molar-refractivity contribution in [3.05, 3.63) is 77.9 Å². The van der Waals surface area contributed by atoms with Crippen LogP contribution < -0.4 is 10.1 Å². The van der Waals surface area contributed by atoms with E-state index in [4.69, 9.17) is 9.57 Å². The first kappa shape index (κ1) is 18.2. The van der Waals surface area contributed by atoms with Gasteiger partial charge >= 0.3 is 0 Å². The van der Waals surface area contributed by atoms with E-state index >= 15 is 0 Å². The molecule has 2 aromatic carbocycles. The van der Waals surface area contributed by atoms with Gasteiger partial charge in [0.15, 0.2) is 0 Å². The van der Waals surface area contributed by atoms with Gasteiger partial charge in [-0.15, -0.1) is 0 Å². The molecule has 0 saturated heterocycles. The number of nitrogens with one attached hydrogen (secondary N) is 1. The maximum absolute atomic E-state index is 12.7. The fourth-order valence-corrected chi connectivity index (χ4v) is 2.98. The highest BCUT2D eigenvalue weighted by Gasteiger charge is 2.28. The molecule has 2 atom stereocenters. The van der Waals surface area contributed by atoms with E-state index < -0.39 is 0 Å². The Morgan fingerprint density at radius 2 is 1.88 bits per heavy atom. The average Bonchev–Trinajstić information content (AvgIpc) is 2.72. The van der Waals surface area contributed by atoms with Crippen LogP contribution in [0.5, 0.6) is 5.75 Å². The predicted octanol–water partition coefficient (Wildman–Crippen LogP) is 3.36. The second-order valence-electron chi connectivity index (χ2n) is 6.02. The molecule has 1 heterocycles. The second kappa shape index (κ2) is 8.65. The van der Waals surface area contributed by atoms with Crippen LogP contribution in [0.2, 0.25) is 0 Å². The van der Waals surface area contributed by atoms with Crippen molar-refractivity contribution in [2.24, 2.45) is 0 Å². The topological polar surface area (TPSA) is 50.8 Å². The van der Waals surface area contributed by atoms with Crippen LogP contribution in [0.4, 0.5) is 0 Å². The molecule has 0 aromatic heterocycles. The quantitative estimate of drug-likeness (QED) is 0.640. The van der Waals surface area contributed by atoms with Crippen molar-refractivity contribution in [1.29, 1.82) is 0 Å². The zero-order chi connectivity index (χ0) is 18.4. The lowest BCUT2D eigenvalue weighted by atomic mass is 9.98. The molecule has 0 spiro atoms. The molecule has 3 rings (SSSR count). The van der Waals surface area contributed by atoms with Crippen LogP contribution in [-0.4, -0.2) is 37.3 Å². The summed E-state index contributed by atoms with van der Waals surface area (Å²) in [6, 6.07) is 17.0. The van der Waals surface area contributed by atoms with Crippen molar-refractivity contribution < 1.29 is 14.4 Å². The number of methoxy groups -OCH3 is 1. The molecule has 136 valence electrons. The maximum Gasteiger partial charge on any atom is 0.277 e. The van der Waals surface area contributed by atoms with E-state index in [0.29, 0.717) is 12.1 Å². The fraction of sp³-hybridized carbons (Fsp3) is 0.286. The highest BCUT2D eigenvalue weighted by Crippen LogP contribution is 2.26. The summed E-state index contributed by atoms with van der Waals surface area (Å²) in [7, 11) is 1.65. The minimum atomic E-state index is -0.273. The van der Waals surface area contributed by atoms with Gasteiger partial charge in [0.2, 0.25) is 0 Å². The van der Waals surface area contributed by atoms with Gasteiger partial charge in [0.1, 0.15) is 11.9 Å². The molecule has 5 nitrogen and oxygen atoms in total. The Bertz CT molecular complexity index is 744. The first-order valence-corrected chi connectivity index (χ1v) is 8.80. The number of ether oxygens (including phenoxy) is 1. The van der Waals surface area contributed by atoms with Crippen molar-refractivity contribution in [2.45, 2.75) is 19.1 Å². The van der Waals surface area contributed by atoms with Crippen molar-refractivity contribution in [2.75, 3.05) is 20.2 Å². The number of hydroxylamine groups is 2. The lowest BCUT2D eigenvalue weighted by Gasteiger charge is -2.33. The van der Waals surface area contributed by atoms with Crippen molar-refractivity contribution in [3.8, 4) is 5.75 Å². The standard InChI is InChI=1S/C21H24N2O3/c1-3-23(21(24)17-8-5-4-6-9-17)26-19-10-7-15-22-20(19)16-11-13-18(25-2)14-12-16/h4-14,19-20,22H,3,15H2,1-2H3. The van der Waals surface area contributed by atoms with Crippen LogP contribution in [0.25, 0.3) is 0 Å². The van der Waals surface area contributed by atoms with Crippen molar-refractivity contribution in [1.82, 2.24) is 10.4 Å². The zero-order valence-corrected chi connectivity index (χ0v) is 15.1. The number of carbonyl (C=O) groups is 1. The van der Waals surface area contributed by atoms with E-state index in [1.807, 2.05) is 61.5 Å². The van der Waals surface area contributed by atoms with Gasteiger partial charge in [-0.3, -0.25) is 9.63 Å². The molecule has 26 heavy (non-hydrogen) atoms. The third kappa shape index (κ3) is 4.12. The molecule has 5 heteroatoms. The number of carbonyl (C=O) groups excluding carboxylic acids is 1. The fourth-order valence-electron chi connectivity index (χ4n) is 2.98. The molecule has 1 amide bonds. The van der Waals surface area contributed by atoms with Crippen LogP contribution in [-0.2, 0) is 4.84 Å². The van der Waals surface area contributed by atoms with Gasteiger partial charge in [0.05, 0.1) is 13.2 Å². The number of benzene rings is 2. The Kier molecular flexibility index (Phi) is 6.04. The first-order chi connectivity index (χ1) is 12.7. The largest absolute Gasteiger partial charge is 0.497 e. The minimum absolute atomic E-state index is 0.0384. The summed E-state index contributed by atoms with van der Waals surface area (Å²) in [5.41, 5.74) is 1.70. The van der Waals surface area contributed by atoms with Crippen LogP contribution in [0.1, 0.15) is 28.9 Å². The van der Waals surface area contributed by atoms with E-state index in [2.05, 4.69) is 5.32 Å². The van der Waals surface area contributed by atoms with Crippen LogP contribution in [0.3, 0.4) is 0 Å². The van der Waals surface area contributed by atoms with Gasteiger partial charge in [0.25, 0.3) is 5.91 Å². The Labute approximate surface area is 154 Å². The van der Waals surface area contributed by atoms with Crippen LogP contribution >= 0.6 is 0 Å². The minimum Gasteiger partial charge on any atom is -0.497 e. The summed E-state index contributed by atoms with van der Waals surface area (Å²) >= 11 is 0. The molecule has 0 saturated carbocycles. The Morgan fingerprint density at radius 1 is 1.15 bits per heavy atom. The van der Waals surface area contributed by atoms with Crippen molar-refractivity contribution in [3.63, 3.8) is 0 Å². The molecule has 0 radical (unpaired) electrons. The summed E-state index contributed by atoms with van der Waals surface area (Å²) in [6.07, 6.45) is 3.75. The third-order valence-corrected chi connectivity index (χ3v) is 4.37. The molecule has 2 aromatic rings. The van der Waals surface area contributed by atoms with Gasteiger partial charge < -0.3 is 10.1 Å². The first-order valence-electron chi connectivity index (χ1n) is 8.80. The number of nitrogens with zero attached hydrogens (tertiary/aromatic N) is 1. The molecule has 0 aliphatic carbocycles. The normalized spacial score (nSPS) is 19.2. The number of rotatable bonds is 6. The molecule has 0 fully saturated rings. The molecule has 0 bridgehead atoms. The monoisotopic (exact) mass is 352 g/mol. The summed E-state index contributed by atoms with van der Waals surface area (Å²) in [5.74, 6) is 0.674. The molecular formula is C21H24N2O3. The SMILES string of the molecule is CCN(OC1C=CCNC1c1ccc(OC)cc1)C(=O)c1ccccc1. The Morgan fingerprint density at radius 3 is 2.54 bits per heavy atom. The predicted molar refractivity (Wildman–Crippen MR) is 101 cm³/mol. The molecule has 1 N–H and O–H groups in total. The molecular weight excluding hydrogens is 328 g/mol. The summed E-state index contributed by atoms with van der Waals surface area (Å²) in [4.78, 5) is 18.8. The van der Waals surface area contributed by atoms with Gasteiger partial charge in [0, 0.05) is 18.7 Å². The van der Waals surface area contributed by atoms with E-state index in [-0.39, 0.29) is 18.1 Å². The molecule has 2 unspecified atom stereocenters. The van der Waals surface area contributed by atoms with E-state index in [0.717, 1.165) is 17.9 Å². The summed E-state index contributed by atoms with van der Waals surface area (Å²) < 4.78 is 5.23. The van der Waals surface area contributed by atoms with E-state index in [9.17, 15) is 4.79 Å². The molecule has 1 aliphatic heterocycles. The summed E-state index contributed by atoms with van der Waals surface area (Å²) in [5, 5.41) is 4.86. The highest BCUT2D eigenvalue weighted by molar-refractivity contribution is 5.93. The van der Waals surface area contributed by atoms with E-state index in [1.54, 1.807) is 19.2 Å². The van der Waals surface area contributed by atoms with Crippen LogP contribution in [0.15, 0.2) is 66.7 Å². The van der Waals surface area contributed by atoms with Gasteiger partial charge in [-0.1, -0.05) is 42.5 Å². The Balaban J connectivity index is 1.77. The van der Waals surface area contributed by atoms with Crippen molar-refractivity contribution >= 4 is 5.91 Å². The van der Waals surface area contributed by atoms with Crippen LogP contribution in [0, 0.1) is 0 Å². The summed E-state index contributed by atoms with van der Waals surface area (Å²) in [6.45, 7) is 3.13. The number of amides is 1. The molecule has 1 aliphatic rings. The highest BCUT2D eigenvalue weighted by atomic mass is 16.7. The maximum atomic E-state index is 12.7. The average molecular weight is 352 g/mol. The Hall–Kier alpha value is -2.63. The zero-order valence-electron chi connectivity index (χ0n) is 15.1. The van der Waals surface area contributed by atoms with Gasteiger partial charge in [-0.05, 0) is 36.8 Å². The second-order valence-corrected chi connectivity index (χ2v) is 6.02. The number of hydrogen-bond donors (Lipinski definition) is 1. The van der Waals surface area contributed by atoms with Gasteiger partial charge in [-0.25, -0.2) is 5.06 Å².